The Kier molecular flexibility index (Phi) is 7.26. The van der Waals surface area contributed by atoms with Crippen molar-refractivity contribution in [3.8, 4) is 44.5 Å². The van der Waals surface area contributed by atoms with Crippen LogP contribution in [0.2, 0.25) is 0 Å². The molecule has 0 N–H and O–H groups in total. The Balaban J connectivity index is 1.02. The van der Waals surface area contributed by atoms with Crippen LogP contribution in [0.4, 0.5) is 17.1 Å². The zero-order chi connectivity index (χ0) is 40.1. The van der Waals surface area contributed by atoms with E-state index in [-0.39, 0.29) is 0 Å². The van der Waals surface area contributed by atoms with Crippen molar-refractivity contribution in [2.24, 2.45) is 0 Å². The number of rotatable bonds is 5. The number of hydrogen-bond donors (Lipinski definition) is 0. The molecule has 1 aromatic heterocycles. The van der Waals surface area contributed by atoms with Gasteiger partial charge in [0.15, 0.2) is 0 Å². The van der Waals surface area contributed by atoms with E-state index in [1.807, 2.05) is 0 Å². The zero-order valence-electron chi connectivity index (χ0n) is 33.2. The standard InChI is InChI=1S/C59H37NO/c1-2-14-38(15-3-1)41-17-12-18-43(36-41)60(42-31-28-40(29-32-42)46-23-13-27-55-57(46)58-45-19-5-4-16-39(45)30-35-56(58)61-55)44-33-34-50-49-22-8-11-26-53(49)59(54(50)37-44)51-24-9-6-20-47(51)48-21-7-10-25-52(48)59/h1-37H. The van der Waals surface area contributed by atoms with Crippen LogP contribution in [0.25, 0.3) is 77.2 Å². The van der Waals surface area contributed by atoms with Crippen molar-refractivity contribution in [2.45, 2.75) is 5.41 Å². The smallest absolute Gasteiger partial charge is 0.136 e. The minimum absolute atomic E-state index is 0.438. The van der Waals surface area contributed by atoms with Gasteiger partial charge in [0, 0.05) is 27.8 Å². The Morgan fingerprint density at radius 3 is 1.61 bits per heavy atom. The summed E-state index contributed by atoms with van der Waals surface area (Å²) in [7, 11) is 0. The molecule has 10 aromatic carbocycles. The number of fused-ring (bicyclic) bond motifs is 15. The molecule has 61 heavy (non-hydrogen) atoms. The van der Waals surface area contributed by atoms with Crippen molar-refractivity contribution >= 4 is 49.8 Å². The predicted octanol–water partition coefficient (Wildman–Crippen LogP) is 15.9. The van der Waals surface area contributed by atoms with E-state index < -0.39 is 5.41 Å². The Morgan fingerprint density at radius 2 is 0.869 bits per heavy atom. The lowest BCUT2D eigenvalue weighted by Crippen LogP contribution is -2.26. The first kappa shape index (κ1) is 34.0. The molecule has 1 heterocycles. The van der Waals surface area contributed by atoms with Crippen molar-refractivity contribution in [2.75, 3.05) is 4.90 Å². The van der Waals surface area contributed by atoms with E-state index in [1.54, 1.807) is 0 Å². The minimum atomic E-state index is -0.438. The van der Waals surface area contributed by atoms with Crippen LogP contribution in [0.15, 0.2) is 229 Å². The summed E-state index contributed by atoms with van der Waals surface area (Å²) >= 11 is 0. The normalized spacial score (nSPS) is 13.0. The summed E-state index contributed by atoms with van der Waals surface area (Å²) in [5.74, 6) is 0. The summed E-state index contributed by atoms with van der Waals surface area (Å²) < 4.78 is 6.48. The third kappa shape index (κ3) is 4.85. The van der Waals surface area contributed by atoms with Crippen LogP contribution < -0.4 is 4.90 Å². The maximum absolute atomic E-state index is 6.48. The number of nitrogens with zero attached hydrogens (tertiary/aromatic N) is 1. The topological polar surface area (TPSA) is 16.4 Å². The van der Waals surface area contributed by atoms with E-state index in [0.29, 0.717) is 0 Å². The van der Waals surface area contributed by atoms with E-state index in [4.69, 9.17) is 4.42 Å². The second-order valence-corrected chi connectivity index (χ2v) is 16.4. The largest absolute Gasteiger partial charge is 0.456 e. The quantitative estimate of drug-likeness (QED) is 0.173. The van der Waals surface area contributed by atoms with Crippen molar-refractivity contribution < 1.29 is 4.42 Å². The molecule has 2 nitrogen and oxygen atoms in total. The molecule has 0 atom stereocenters. The lowest BCUT2D eigenvalue weighted by atomic mass is 9.70. The average Bonchev–Trinajstić information content (AvgIpc) is 3.97. The van der Waals surface area contributed by atoms with Crippen molar-refractivity contribution in [1.29, 1.82) is 0 Å². The molecule has 13 rings (SSSR count). The van der Waals surface area contributed by atoms with Gasteiger partial charge in [-0.1, -0.05) is 176 Å². The van der Waals surface area contributed by atoms with Crippen molar-refractivity contribution in [3.63, 3.8) is 0 Å². The number of benzene rings is 10. The van der Waals surface area contributed by atoms with Crippen LogP contribution >= 0.6 is 0 Å². The first-order chi connectivity index (χ1) is 30.3. The highest BCUT2D eigenvalue weighted by atomic mass is 16.3. The van der Waals surface area contributed by atoms with Gasteiger partial charge in [-0.05, 0) is 126 Å². The maximum atomic E-state index is 6.48. The van der Waals surface area contributed by atoms with Crippen LogP contribution in [0.1, 0.15) is 22.3 Å². The first-order valence-corrected chi connectivity index (χ1v) is 21.1. The van der Waals surface area contributed by atoms with Gasteiger partial charge in [0.1, 0.15) is 11.2 Å². The molecule has 1 spiro atoms. The Hall–Kier alpha value is -7.94. The highest BCUT2D eigenvalue weighted by Gasteiger charge is 2.51. The van der Waals surface area contributed by atoms with Gasteiger partial charge in [0.05, 0.1) is 5.41 Å². The fourth-order valence-electron chi connectivity index (χ4n) is 10.7. The summed E-state index contributed by atoms with van der Waals surface area (Å²) in [5.41, 5.74) is 19.9. The molecule has 284 valence electrons. The number of anilines is 3. The van der Waals surface area contributed by atoms with Gasteiger partial charge in [-0.2, -0.15) is 0 Å². The predicted molar refractivity (Wildman–Crippen MR) is 253 cm³/mol. The fourth-order valence-corrected chi connectivity index (χ4v) is 10.7. The molecule has 0 saturated carbocycles. The van der Waals surface area contributed by atoms with Crippen LogP contribution in [0.3, 0.4) is 0 Å². The molecule has 0 radical (unpaired) electrons. The molecule has 11 aromatic rings. The Bertz CT molecular complexity index is 3480. The lowest BCUT2D eigenvalue weighted by Gasteiger charge is -2.32. The Morgan fingerprint density at radius 1 is 0.311 bits per heavy atom. The summed E-state index contributed by atoms with van der Waals surface area (Å²) in [5, 5.41) is 4.72. The third-order valence-corrected chi connectivity index (χ3v) is 13.3. The van der Waals surface area contributed by atoms with E-state index in [0.717, 1.165) is 50.1 Å². The van der Waals surface area contributed by atoms with Gasteiger partial charge >= 0.3 is 0 Å². The molecule has 2 aliphatic carbocycles. The van der Waals surface area contributed by atoms with Crippen LogP contribution in [-0.2, 0) is 5.41 Å². The molecular formula is C59H37NO. The summed E-state index contributed by atoms with van der Waals surface area (Å²) in [6.45, 7) is 0. The molecule has 2 heteroatoms. The van der Waals surface area contributed by atoms with Crippen molar-refractivity contribution in [3.05, 3.63) is 247 Å². The summed E-state index contributed by atoms with van der Waals surface area (Å²) in [6.07, 6.45) is 0. The van der Waals surface area contributed by atoms with Crippen LogP contribution in [0.5, 0.6) is 0 Å². The van der Waals surface area contributed by atoms with E-state index in [2.05, 4.69) is 229 Å². The average molecular weight is 776 g/mol. The lowest BCUT2D eigenvalue weighted by molar-refractivity contribution is 0.669. The fraction of sp³-hybridized carbons (Fsp3) is 0.0169. The Labute approximate surface area is 354 Å². The molecule has 0 unspecified atom stereocenters. The van der Waals surface area contributed by atoms with Gasteiger partial charge in [0.2, 0.25) is 0 Å². The highest BCUT2D eigenvalue weighted by Crippen LogP contribution is 2.63. The van der Waals surface area contributed by atoms with Crippen LogP contribution in [0, 0.1) is 0 Å². The third-order valence-electron chi connectivity index (χ3n) is 13.3. The minimum Gasteiger partial charge on any atom is -0.456 e. The second kappa shape index (κ2) is 13.0. The summed E-state index contributed by atoms with van der Waals surface area (Å²) in [4.78, 5) is 2.43. The maximum Gasteiger partial charge on any atom is 0.136 e. The van der Waals surface area contributed by atoms with Gasteiger partial charge < -0.3 is 9.32 Å². The zero-order valence-corrected chi connectivity index (χ0v) is 33.2. The van der Waals surface area contributed by atoms with E-state index in [1.165, 1.54) is 66.4 Å². The highest BCUT2D eigenvalue weighted by molar-refractivity contribution is 6.22. The number of hydrogen-bond acceptors (Lipinski definition) is 2. The molecule has 0 saturated heterocycles. The molecule has 0 amide bonds. The van der Waals surface area contributed by atoms with Gasteiger partial charge in [0.25, 0.3) is 0 Å². The molecule has 0 aliphatic heterocycles. The monoisotopic (exact) mass is 775 g/mol. The van der Waals surface area contributed by atoms with Crippen LogP contribution in [-0.4, -0.2) is 0 Å². The van der Waals surface area contributed by atoms with Gasteiger partial charge in [-0.3, -0.25) is 0 Å². The molecule has 0 bridgehead atoms. The second-order valence-electron chi connectivity index (χ2n) is 16.4. The number of furan rings is 1. The van der Waals surface area contributed by atoms with Gasteiger partial charge in [-0.25, -0.2) is 0 Å². The SMILES string of the molecule is c1ccc(-c2cccc(N(c3ccc(-c4cccc5oc6ccc7ccccc7c6c45)cc3)c3ccc4c(c3)C3(c5ccccc5-c5ccccc53)c3ccccc3-4)c2)cc1. The van der Waals surface area contributed by atoms with E-state index >= 15 is 0 Å². The van der Waals surface area contributed by atoms with E-state index in [9.17, 15) is 0 Å². The summed E-state index contributed by atoms with van der Waals surface area (Å²) in [6, 6.07) is 82.2. The van der Waals surface area contributed by atoms with Gasteiger partial charge in [-0.15, -0.1) is 0 Å². The van der Waals surface area contributed by atoms with Crippen molar-refractivity contribution in [1.82, 2.24) is 0 Å². The molecule has 2 aliphatic rings. The first-order valence-electron chi connectivity index (χ1n) is 21.1. The molecule has 0 fully saturated rings. The molecular weight excluding hydrogens is 739 g/mol.